The van der Waals surface area contributed by atoms with Crippen molar-refractivity contribution >= 4 is 49.0 Å². The zero-order valence-electron chi connectivity index (χ0n) is 4.80. The van der Waals surface area contributed by atoms with Crippen molar-refractivity contribution in [3.8, 4) is 0 Å². The predicted molar refractivity (Wildman–Crippen MR) is 47.9 cm³/mol. The van der Waals surface area contributed by atoms with Crippen LogP contribution < -0.4 is 0 Å². The fourth-order valence-corrected chi connectivity index (χ4v) is 2.08. The molecule has 0 radical (unpaired) electrons. The third-order valence-electron chi connectivity index (χ3n) is 0.836. The first-order valence-electron chi connectivity index (χ1n) is 2.44. The Morgan fingerprint density at radius 3 is 2.90 bits per heavy atom. The van der Waals surface area contributed by atoms with Crippen molar-refractivity contribution in [2.75, 3.05) is 5.33 Å². The molecule has 1 aromatic rings. The Kier molecular flexibility index (Phi) is 3.00. The maximum atomic E-state index is 10.9. The summed E-state index contributed by atoms with van der Waals surface area (Å²) in [5.74, 6) is 0.0238. The fraction of sp³-hybridized carbons (Fsp3) is 0.200. The Hall–Kier alpha value is 0.260. The summed E-state index contributed by atoms with van der Waals surface area (Å²) in [5, 5.41) is 2.67. The molecule has 0 N–H and O–H groups in total. The standard InChI is InChI=1S/C5H3Br2NOS/c6-1-3(9)5-8-4(7)2-10-5/h2H,1H2. The van der Waals surface area contributed by atoms with Crippen molar-refractivity contribution < 1.29 is 4.79 Å². The van der Waals surface area contributed by atoms with Crippen LogP contribution >= 0.6 is 43.2 Å². The monoisotopic (exact) mass is 283 g/mol. The van der Waals surface area contributed by atoms with Gasteiger partial charge in [-0.3, -0.25) is 4.79 Å². The molecule has 0 saturated heterocycles. The van der Waals surface area contributed by atoms with Gasteiger partial charge >= 0.3 is 0 Å². The maximum absolute atomic E-state index is 10.9. The van der Waals surface area contributed by atoms with Gasteiger partial charge in [0.2, 0.25) is 5.78 Å². The molecular weight excluding hydrogens is 282 g/mol. The van der Waals surface area contributed by atoms with Gasteiger partial charge in [-0.05, 0) is 15.9 Å². The van der Waals surface area contributed by atoms with Crippen molar-refractivity contribution in [3.63, 3.8) is 0 Å². The number of rotatable bonds is 2. The summed E-state index contributed by atoms with van der Waals surface area (Å²) < 4.78 is 0.724. The first kappa shape index (κ1) is 8.36. The van der Waals surface area contributed by atoms with Crippen molar-refractivity contribution in [3.05, 3.63) is 15.0 Å². The van der Waals surface area contributed by atoms with Crippen LogP contribution in [0.5, 0.6) is 0 Å². The fourth-order valence-electron chi connectivity index (χ4n) is 0.439. The summed E-state index contributed by atoms with van der Waals surface area (Å²) in [4.78, 5) is 14.8. The number of Topliss-reactive ketones (excluding diaryl/α,β-unsaturated/α-hetero) is 1. The number of hydrogen-bond acceptors (Lipinski definition) is 3. The molecule has 0 fully saturated rings. The molecule has 54 valence electrons. The smallest absolute Gasteiger partial charge is 0.201 e. The number of carbonyl (C=O) groups is 1. The molecule has 1 aromatic heterocycles. The van der Waals surface area contributed by atoms with E-state index in [1.807, 2.05) is 0 Å². The van der Waals surface area contributed by atoms with Crippen LogP contribution in [0.25, 0.3) is 0 Å². The van der Waals surface area contributed by atoms with Gasteiger partial charge in [0.1, 0.15) is 4.60 Å². The van der Waals surface area contributed by atoms with Crippen LogP contribution in [0.4, 0.5) is 0 Å². The molecule has 0 bridgehead atoms. The van der Waals surface area contributed by atoms with Crippen LogP contribution in [0.2, 0.25) is 0 Å². The molecule has 5 heteroatoms. The lowest BCUT2D eigenvalue weighted by Gasteiger charge is -1.84. The van der Waals surface area contributed by atoms with E-state index >= 15 is 0 Å². The largest absolute Gasteiger partial charge is 0.291 e. The van der Waals surface area contributed by atoms with Crippen LogP contribution in [0.1, 0.15) is 9.80 Å². The minimum absolute atomic E-state index is 0.0238. The van der Waals surface area contributed by atoms with Gasteiger partial charge in [-0.25, -0.2) is 4.98 Å². The average Bonchev–Trinajstić information content (AvgIpc) is 2.34. The molecule has 0 amide bonds. The third kappa shape index (κ3) is 1.87. The number of aromatic nitrogens is 1. The van der Waals surface area contributed by atoms with Gasteiger partial charge in [0, 0.05) is 5.38 Å². The molecule has 1 rings (SSSR count). The van der Waals surface area contributed by atoms with Crippen molar-refractivity contribution in [2.24, 2.45) is 0 Å². The first-order valence-corrected chi connectivity index (χ1v) is 5.23. The molecular formula is C5H3Br2NOS. The molecule has 0 aliphatic carbocycles. The van der Waals surface area contributed by atoms with E-state index in [1.54, 1.807) is 5.38 Å². The van der Waals surface area contributed by atoms with E-state index in [1.165, 1.54) is 11.3 Å². The van der Waals surface area contributed by atoms with E-state index in [2.05, 4.69) is 36.8 Å². The lowest BCUT2D eigenvalue weighted by atomic mass is 10.5. The van der Waals surface area contributed by atoms with Crippen LogP contribution in [0.3, 0.4) is 0 Å². The Morgan fingerprint density at radius 2 is 2.50 bits per heavy atom. The van der Waals surface area contributed by atoms with Gasteiger partial charge in [-0.2, -0.15) is 0 Å². The highest BCUT2D eigenvalue weighted by Gasteiger charge is 2.07. The number of halogens is 2. The second-order valence-corrected chi connectivity index (χ2v) is 3.76. The zero-order valence-corrected chi connectivity index (χ0v) is 8.79. The molecule has 1 heterocycles. The molecule has 0 aromatic carbocycles. The lowest BCUT2D eigenvalue weighted by molar-refractivity contribution is 0.102. The van der Waals surface area contributed by atoms with Crippen LogP contribution in [0.15, 0.2) is 9.98 Å². The molecule has 0 unspecified atom stereocenters. The van der Waals surface area contributed by atoms with Crippen molar-refractivity contribution in [2.45, 2.75) is 0 Å². The van der Waals surface area contributed by atoms with Crippen LogP contribution in [-0.4, -0.2) is 16.1 Å². The van der Waals surface area contributed by atoms with Gasteiger partial charge in [-0.1, -0.05) is 15.9 Å². The third-order valence-corrected chi connectivity index (χ3v) is 2.94. The molecule has 0 atom stereocenters. The summed E-state index contributed by atoms with van der Waals surface area (Å²) in [5.41, 5.74) is 0. The number of alkyl halides is 1. The normalized spacial score (nSPS) is 9.80. The zero-order chi connectivity index (χ0) is 7.56. The topological polar surface area (TPSA) is 30.0 Å². The summed E-state index contributed by atoms with van der Waals surface area (Å²) in [6.45, 7) is 0. The molecule has 10 heavy (non-hydrogen) atoms. The maximum Gasteiger partial charge on any atom is 0.201 e. The van der Waals surface area contributed by atoms with Crippen LogP contribution in [0, 0.1) is 0 Å². The highest BCUT2D eigenvalue weighted by Crippen LogP contribution is 2.15. The van der Waals surface area contributed by atoms with E-state index in [0.717, 1.165) is 4.60 Å². The SMILES string of the molecule is O=C(CBr)c1nc(Br)cs1. The molecule has 0 saturated carbocycles. The Balaban J connectivity index is 2.85. The highest BCUT2D eigenvalue weighted by molar-refractivity contribution is 9.10. The quantitative estimate of drug-likeness (QED) is 0.617. The number of nitrogens with zero attached hydrogens (tertiary/aromatic N) is 1. The van der Waals surface area contributed by atoms with E-state index in [-0.39, 0.29) is 5.78 Å². The summed E-state index contributed by atoms with van der Waals surface area (Å²) in [7, 11) is 0. The summed E-state index contributed by atoms with van der Waals surface area (Å²) in [6.07, 6.45) is 0. The Labute approximate surface area is 78.9 Å². The highest BCUT2D eigenvalue weighted by atomic mass is 79.9. The van der Waals surface area contributed by atoms with E-state index in [9.17, 15) is 4.79 Å². The van der Waals surface area contributed by atoms with Gasteiger partial charge in [0.15, 0.2) is 5.01 Å². The second-order valence-electron chi connectivity index (χ2n) is 1.53. The summed E-state index contributed by atoms with van der Waals surface area (Å²) >= 11 is 7.57. The van der Waals surface area contributed by atoms with Gasteiger partial charge in [0.05, 0.1) is 5.33 Å². The van der Waals surface area contributed by atoms with Gasteiger partial charge in [-0.15, -0.1) is 11.3 Å². The molecule has 2 nitrogen and oxygen atoms in total. The Morgan fingerprint density at radius 1 is 1.80 bits per heavy atom. The average molecular weight is 285 g/mol. The number of thiazole rings is 1. The number of ketones is 1. The number of carbonyl (C=O) groups excluding carboxylic acids is 1. The molecule has 0 spiro atoms. The van der Waals surface area contributed by atoms with Crippen molar-refractivity contribution in [1.82, 2.24) is 4.98 Å². The van der Waals surface area contributed by atoms with E-state index < -0.39 is 0 Å². The van der Waals surface area contributed by atoms with Gasteiger partial charge in [0.25, 0.3) is 0 Å². The van der Waals surface area contributed by atoms with E-state index in [0.29, 0.717) is 10.3 Å². The molecule has 0 aliphatic rings. The minimum Gasteiger partial charge on any atom is -0.291 e. The molecule has 0 aliphatic heterocycles. The minimum atomic E-state index is 0.0238. The first-order chi connectivity index (χ1) is 4.74. The summed E-state index contributed by atoms with van der Waals surface area (Å²) in [6, 6.07) is 0. The second kappa shape index (κ2) is 3.59. The van der Waals surface area contributed by atoms with Gasteiger partial charge < -0.3 is 0 Å². The predicted octanol–water partition coefficient (Wildman–Crippen LogP) is 2.48. The van der Waals surface area contributed by atoms with Crippen LogP contribution in [-0.2, 0) is 0 Å². The number of hydrogen-bond donors (Lipinski definition) is 0. The van der Waals surface area contributed by atoms with E-state index in [4.69, 9.17) is 0 Å². The van der Waals surface area contributed by atoms with Crippen molar-refractivity contribution in [1.29, 1.82) is 0 Å². The Bertz CT molecular complexity index is 248. The lowest BCUT2D eigenvalue weighted by Crippen LogP contribution is -1.97.